The van der Waals surface area contributed by atoms with Gasteiger partial charge in [-0.25, -0.2) is 8.42 Å². The lowest BCUT2D eigenvalue weighted by Crippen LogP contribution is -2.02. The van der Waals surface area contributed by atoms with E-state index in [0.717, 1.165) is 5.56 Å². The standard InChI is InChI=1S/C24H23N3O4S/c1-2-22-23(24(25)27-26-22)31-19-10-14-21(15-11-19)32(28,29)20-12-8-18(9-13-20)30-16-17-6-4-3-5-7-17/h3-15H,2,16H2,1H3,(H3,25,26,27). The number of aromatic amines is 1. The van der Waals surface area contributed by atoms with Crippen LogP contribution >= 0.6 is 0 Å². The second-order valence-electron chi connectivity index (χ2n) is 7.09. The number of aromatic nitrogens is 2. The molecule has 0 aliphatic rings. The van der Waals surface area contributed by atoms with Crippen LogP contribution in [0.1, 0.15) is 18.2 Å². The highest BCUT2D eigenvalue weighted by Gasteiger charge is 2.18. The fourth-order valence-electron chi connectivity index (χ4n) is 3.13. The van der Waals surface area contributed by atoms with E-state index in [2.05, 4.69) is 10.2 Å². The molecule has 0 bridgehead atoms. The van der Waals surface area contributed by atoms with E-state index in [1.807, 2.05) is 37.3 Å². The van der Waals surface area contributed by atoms with E-state index in [4.69, 9.17) is 15.2 Å². The van der Waals surface area contributed by atoms with Crippen molar-refractivity contribution in [1.82, 2.24) is 10.2 Å². The minimum atomic E-state index is -3.68. The first-order valence-corrected chi connectivity index (χ1v) is 11.6. The van der Waals surface area contributed by atoms with E-state index in [1.165, 1.54) is 12.1 Å². The Morgan fingerprint density at radius 2 is 1.47 bits per heavy atom. The molecule has 0 saturated heterocycles. The molecular formula is C24H23N3O4S. The van der Waals surface area contributed by atoms with Gasteiger partial charge in [0.1, 0.15) is 23.8 Å². The van der Waals surface area contributed by atoms with Gasteiger partial charge >= 0.3 is 0 Å². The Labute approximate surface area is 186 Å². The van der Waals surface area contributed by atoms with Gasteiger partial charge in [0.25, 0.3) is 0 Å². The predicted molar refractivity (Wildman–Crippen MR) is 122 cm³/mol. The Bertz CT molecular complexity index is 1280. The van der Waals surface area contributed by atoms with Gasteiger partial charge in [0, 0.05) is 0 Å². The SMILES string of the molecule is CCc1n[nH]c(N)c1Oc1ccc(S(=O)(=O)c2ccc(OCc3ccccc3)cc2)cc1. The van der Waals surface area contributed by atoms with Crippen molar-refractivity contribution < 1.29 is 17.9 Å². The van der Waals surface area contributed by atoms with E-state index >= 15 is 0 Å². The second-order valence-corrected chi connectivity index (χ2v) is 9.04. The predicted octanol–water partition coefficient (Wildman–Crippen LogP) is 4.76. The number of nitrogens with zero attached hydrogens (tertiary/aromatic N) is 1. The molecule has 0 atom stereocenters. The van der Waals surface area contributed by atoms with Crippen molar-refractivity contribution >= 4 is 15.7 Å². The highest BCUT2D eigenvalue weighted by Crippen LogP contribution is 2.31. The van der Waals surface area contributed by atoms with Gasteiger partial charge in [0.15, 0.2) is 11.6 Å². The van der Waals surface area contributed by atoms with E-state index < -0.39 is 9.84 Å². The summed E-state index contributed by atoms with van der Waals surface area (Å²) >= 11 is 0. The number of ether oxygens (including phenoxy) is 2. The minimum Gasteiger partial charge on any atom is -0.489 e. The smallest absolute Gasteiger partial charge is 0.206 e. The average molecular weight is 450 g/mol. The fourth-order valence-corrected chi connectivity index (χ4v) is 4.40. The molecule has 7 nitrogen and oxygen atoms in total. The van der Waals surface area contributed by atoms with Crippen LogP contribution in [0.25, 0.3) is 0 Å². The molecule has 0 aliphatic heterocycles. The van der Waals surface area contributed by atoms with Crippen LogP contribution in [0.3, 0.4) is 0 Å². The van der Waals surface area contributed by atoms with Crippen molar-refractivity contribution in [3.05, 3.63) is 90.1 Å². The van der Waals surface area contributed by atoms with Crippen LogP contribution in [0, 0.1) is 0 Å². The molecule has 0 unspecified atom stereocenters. The van der Waals surface area contributed by atoms with E-state index in [1.54, 1.807) is 36.4 Å². The first-order chi connectivity index (χ1) is 15.5. The van der Waals surface area contributed by atoms with Crippen molar-refractivity contribution in [1.29, 1.82) is 0 Å². The monoisotopic (exact) mass is 449 g/mol. The summed E-state index contributed by atoms with van der Waals surface area (Å²) in [5.41, 5.74) is 7.60. The molecule has 1 heterocycles. The molecule has 3 N–H and O–H groups in total. The van der Waals surface area contributed by atoms with Crippen molar-refractivity contribution in [3.63, 3.8) is 0 Å². The topological polar surface area (TPSA) is 107 Å². The molecule has 3 aromatic carbocycles. The third-order valence-electron chi connectivity index (χ3n) is 4.89. The maximum atomic E-state index is 13.0. The zero-order chi connectivity index (χ0) is 22.6. The largest absolute Gasteiger partial charge is 0.489 e. The number of H-pyrrole nitrogens is 1. The Kier molecular flexibility index (Phi) is 6.13. The van der Waals surface area contributed by atoms with Crippen molar-refractivity contribution in [3.8, 4) is 17.2 Å². The molecular weight excluding hydrogens is 426 g/mol. The first-order valence-electron chi connectivity index (χ1n) is 10.1. The number of anilines is 1. The molecule has 8 heteroatoms. The molecule has 4 rings (SSSR count). The summed E-state index contributed by atoms with van der Waals surface area (Å²) in [5, 5.41) is 6.77. The Hall–Kier alpha value is -3.78. The zero-order valence-corrected chi connectivity index (χ0v) is 18.3. The number of hydrogen-bond donors (Lipinski definition) is 2. The normalized spacial score (nSPS) is 11.3. The number of aryl methyl sites for hydroxylation is 1. The number of sulfone groups is 1. The van der Waals surface area contributed by atoms with Gasteiger partial charge in [-0.05, 0) is 60.5 Å². The van der Waals surface area contributed by atoms with Crippen molar-refractivity contribution in [2.24, 2.45) is 0 Å². The van der Waals surface area contributed by atoms with Gasteiger partial charge in [0.2, 0.25) is 9.84 Å². The van der Waals surface area contributed by atoms with Gasteiger partial charge in [-0.1, -0.05) is 37.3 Å². The first kappa shape index (κ1) is 21.5. The number of benzene rings is 3. The average Bonchev–Trinajstić information content (AvgIpc) is 3.18. The number of nitrogens with two attached hydrogens (primary N) is 1. The summed E-state index contributed by atoms with van der Waals surface area (Å²) < 4.78 is 37.5. The summed E-state index contributed by atoms with van der Waals surface area (Å²) in [4.78, 5) is 0.351. The molecule has 0 aliphatic carbocycles. The Morgan fingerprint density at radius 3 is 2.06 bits per heavy atom. The summed E-state index contributed by atoms with van der Waals surface area (Å²) in [5.74, 6) is 1.85. The van der Waals surface area contributed by atoms with Crippen LogP contribution in [-0.4, -0.2) is 18.6 Å². The minimum absolute atomic E-state index is 0.165. The van der Waals surface area contributed by atoms with Crippen molar-refractivity contribution in [2.45, 2.75) is 29.7 Å². The number of rotatable bonds is 8. The lowest BCUT2D eigenvalue weighted by atomic mass is 10.2. The summed E-state index contributed by atoms with van der Waals surface area (Å²) in [6.07, 6.45) is 0.653. The molecule has 4 aromatic rings. The quantitative estimate of drug-likeness (QED) is 0.402. The second kappa shape index (κ2) is 9.15. The van der Waals surface area contributed by atoms with E-state index in [-0.39, 0.29) is 9.79 Å². The molecule has 1 aromatic heterocycles. The summed E-state index contributed by atoms with van der Waals surface area (Å²) in [6.45, 7) is 2.35. The van der Waals surface area contributed by atoms with E-state index in [0.29, 0.717) is 41.8 Å². The highest BCUT2D eigenvalue weighted by atomic mass is 32.2. The third-order valence-corrected chi connectivity index (χ3v) is 6.67. The number of nitrogen functional groups attached to an aromatic ring is 1. The van der Waals surface area contributed by atoms with E-state index in [9.17, 15) is 8.42 Å². The van der Waals surface area contributed by atoms with Crippen LogP contribution in [0.15, 0.2) is 88.7 Å². The fraction of sp³-hybridized carbons (Fsp3) is 0.125. The van der Waals surface area contributed by atoms with Crippen LogP contribution in [0.5, 0.6) is 17.2 Å². The molecule has 0 saturated carbocycles. The molecule has 164 valence electrons. The van der Waals surface area contributed by atoms with Crippen LogP contribution in [0.4, 0.5) is 5.82 Å². The third kappa shape index (κ3) is 4.60. The maximum absolute atomic E-state index is 13.0. The molecule has 0 fully saturated rings. The Balaban J connectivity index is 1.46. The number of hydrogen-bond acceptors (Lipinski definition) is 6. The number of nitrogens with one attached hydrogen (secondary N) is 1. The maximum Gasteiger partial charge on any atom is 0.206 e. The van der Waals surface area contributed by atoms with Gasteiger partial charge in [-0.2, -0.15) is 5.10 Å². The summed E-state index contributed by atoms with van der Waals surface area (Å²) in [6, 6.07) is 22.4. The van der Waals surface area contributed by atoms with Gasteiger partial charge in [-0.15, -0.1) is 0 Å². The van der Waals surface area contributed by atoms with Gasteiger partial charge in [0.05, 0.1) is 9.79 Å². The van der Waals surface area contributed by atoms with Crippen LogP contribution < -0.4 is 15.2 Å². The van der Waals surface area contributed by atoms with Crippen molar-refractivity contribution in [2.75, 3.05) is 5.73 Å². The summed E-state index contributed by atoms with van der Waals surface area (Å²) in [7, 11) is -3.68. The zero-order valence-electron chi connectivity index (χ0n) is 17.5. The molecule has 0 radical (unpaired) electrons. The highest BCUT2D eigenvalue weighted by molar-refractivity contribution is 7.91. The van der Waals surface area contributed by atoms with Crippen LogP contribution in [-0.2, 0) is 22.9 Å². The molecule has 32 heavy (non-hydrogen) atoms. The molecule has 0 spiro atoms. The lowest BCUT2D eigenvalue weighted by molar-refractivity contribution is 0.306. The van der Waals surface area contributed by atoms with Crippen LogP contribution in [0.2, 0.25) is 0 Å². The van der Waals surface area contributed by atoms with Gasteiger partial charge in [-0.3, -0.25) is 5.10 Å². The lowest BCUT2D eigenvalue weighted by Gasteiger charge is -2.10. The molecule has 0 amide bonds. The Morgan fingerprint density at radius 1 is 0.875 bits per heavy atom. The van der Waals surface area contributed by atoms with Gasteiger partial charge < -0.3 is 15.2 Å².